The molecule has 0 bridgehead atoms. The number of ether oxygens (including phenoxy) is 1. The van der Waals surface area contributed by atoms with E-state index in [-0.39, 0.29) is 24.5 Å². The highest BCUT2D eigenvalue weighted by molar-refractivity contribution is 7.18. The monoisotopic (exact) mass is 411 g/mol. The molecule has 7 heteroatoms. The van der Waals surface area contributed by atoms with E-state index < -0.39 is 5.92 Å². The van der Waals surface area contributed by atoms with Gasteiger partial charge in [0.05, 0.1) is 34.8 Å². The average Bonchev–Trinajstić information content (AvgIpc) is 3.16. The van der Waals surface area contributed by atoms with E-state index in [0.29, 0.717) is 13.0 Å². The maximum atomic E-state index is 12.3. The molecule has 0 saturated heterocycles. The Morgan fingerprint density at radius 2 is 1.83 bits per heavy atom. The van der Waals surface area contributed by atoms with Crippen molar-refractivity contribution in [3.8, 4) is 0 Å². The fourth-order valence-electron chi connectivity index (χ4n) is 3.17. The number of methoxy groups -OCH3 is 1. The third kappa shape index (κ3) is 5.62. The van der Waals surface area contributed by atoms with Crippen LogP contribution in [0.3, 0.4) is 0 Å². The van der Waals surface area contributed by atoms with E-state index in [9.17, 15) is 9.59 Å². The lowest BCUT2D eigenvalue weighted by Crippen LogP contribution is -2.40. The molecule has 0 saturated carbocycles. The van der Waals surface area contributed by atoms with Gasteiger partial charge in [0, 0.05) is 19.0 Å². The van der Waals surface area contributed by atoms with Crippen LogP contribution in [0.1, 0.15) is 23.5 Å². The Morgan fingerprint density at radius 1 is 1.10 bits per heavy atom. The molecule has 2 N–H and O–H groups in total. The van der Waals surface area contributed by atoms with Gasteiger partial charge in [-0.3, -0.25) is 9.59 Å². The van der Waals surface area contributed by atoms with E-state index in [1.54, 1.807) is 18.3 Å². The number of fused-ring (bicyclic) bond motifs is 1. The molecule has 1 aromatic heterocycles. The first-order valence-corrected chi connectivity index (χ1v) is 10.4. The van der Waals surface area contributed by atoms with E-state index in [1.807, 2.05) is 54.6 Å². The highest BCUT2D eigenvalue weighted by Crippen LogP contribution is 2.23. The van der Waals surface area contributed by atoms with E-state index in [4.69, 9.17) is 4.74 Å². The Hall–Kier alpha value is -2.77. The Labute approximate surface area is 174 Å². The van der Waals surface area contributed by atoms with Crippen molar-refractivity contribution in [3.05, 3.63) is 65.2 Å². The number of para-hydroxylation sites is 1. The maximum absolute atomic E-state index is 12.3. The van der Waals surface area contributed by atoms with Crippen molar-refractivity contribution in [1.82, 2.24) is 15.6 Å². The van der Waals surface area contributed by atoms with E-state index >= 15 is 0 Å². The van der Waals surface area contributed by atoms with Gasteiger partial charge in [-0.1, -0.05) is 49.4 Å². The summed E-state index contributed by atoms with van der Waals surface area (Å²) >= 11 is 1.64. The van der Waals surface area contributed by atoms with Crippen molar-refractivity contribution >= 4 is 33.4 Å². The van der Waals surface area contributed by atoms with Gasteiger partial charge in [-0.05, 0) is 17.7 Å². The fraction of sp³-hybridized carbons (Fsp3) is 0.318. The zero-order valence-electron chi connectivity index (χ0n) is 16.6. The van der Waals surface area contributed by atoms with Crippen molar-refractivity contribution in [2.24, 2.45) is 5.92 Å². The van der Waals surface area contributed by atoms with Crippen molar-refractivity contribution in [3.63, 3.8) is 0 Å². The van der Waals surface area contributed by atoms with Crippen LogP contribution < -0.4 is 10.6 Å². The lowest BCUT2D eigenvalue weighted by molar-refractivity contribution is -0.146. The molecule has 0 aliphatic heterocycles. The van der Waals surface area contributed by atoms with Crippen LogP contribution in [0.5, 0.6) is 0 Å². The third-order valence-corrected chi connectivity index (χ3v) is 5.81. The summed E-state index contributed by atoms with van der Waals surface area (Å²) in [4.78, 5) is 28.9. The Bertz CT molecular complexity index is 925. The number of carbonyl (C=O) groups excluding carboxylic acids is 2. The first kappa shape index (κ1) is 21.0. The predicted octanol–water partition coefficient (Wildman–Crippen LogP) is 3.10. The number of hydrogen-bond donors (Lipinski definition) is 2. The van der Waals surface area contributed by atoms with Crippen molar-refractivity contribution < 1.29 is 14.3 Å². The number of rotatable bonds is 9. The number of aromatic nitrogens is 1. The summed E-state index contributed by atoms with van der Waals surface area (Å²) in [6, 6.07) is 17.3. The summed E-state index contributed by atoms with van der Waals surface area (Å²) in [6.07, 6.45) is 0.686. The van der Waals surface area contributed by atoms with Gasteiger partial charge in [0.1, 0.15) is 0 Å². The second-order valence-electron chi connectivity index (χ2n) is 6.76. The summed E-state index contributed by atoms with van der Waals surface area (Å²) in [5, 5.41) is 7.11. The second-order valence-corrected chi connectivity index (χ2v) is 7.87. The van der Waals surface area contributed by atoms with Crippen LogP contribution >= 0.6 is 11.3 Å². The van der Waals surface area contributed by atoms with Crippen molar-refractivity contribution in [2.45, 2.75) is 19.4 Å². The molecule has 1 amide bonds. The molecular weight excluding hydrogens is 386 g/mol. The molecule has 0 unspecified atom stereocenters. The van der Waals surface area contributed by atoms with Gasteiger partial charge in [-0.15, -0.1) is 11.3 Å². The standard InChI is InChI=1S/C22H25N3O3S/c1-15(22(27)28-2)21(16-8-4-3-5-9-16)24-14-19(26)23-13-12-20-25-17-10-6-7-11-18(17)29-20/h3-11,15,21,24H,12-14H2,1-2H3,(H,23,26)/t15-,21+/m0/s1. The summed E-state index contributed by atoms with van der Waals surface area (Å²) in [5.41, 5.74) is 1.93. The van der Waals surface area contributed by atoms with Gasteiger partial charge < -0.3 is 15.4 Å². The van der Waals surface area contributed by atoms with Crippen LogP contribution in [0.25, 0.3) is 10.2 Å². The molecule has 3 aromatic rings. The van der Waals surface area contributed by atoms with Gasteiger partial charge in [-0.2, -0.15) is 0 Å². The fourth-order valence-corrected chi connectivity index (χ4v) is 4.13. The topological polar surface area (TPSA) is 80.3 Å². The Balaban J connectivity index is 1.52. The normalized spacial score (nSPS) is 13.0. The third-order valence-electron chi connectivity index (χ3n) is 4.71. The second kappa shape index (κ2) is 10.1. The Morgan fingerprint density at radius 3 is 2.55 bits per heavy atom. The molecular formula is C22H25N3O3S. The smallest absolute Gasteiger partial charge is 0.310 e. The number of benzene rings is 2. The van der Waals surface area contributed by atoms with Gasteiger partial charge in [0.15, 0.2) is 0 Å². The first-order chi connectivity index (χ1) is 14.1. The van der Waals surface area contributed by atoms with Crippen LogP contribution in [0.4, 0.5) is 0 Å². The van der Waals surface area contributed by atoms with Gasteiger partial charge >= 0.3 is 5.97 Å². The van der Waals surface area contributed by atoms with Gasteiger partial charge in [0.2, 0.25) is 5.91 Å². The minimum absolute atomic E-state index is 0.112. The number of thiazole rings is 1. The van der Waals surface area contributed by atoms with E-state index in [2.05, 4.69) is 15.6 Å². The molecule has 3 rings (SSSR count). The highest BCUT2D eigenvalue weighted by Gasteiger charge is 2.26. The molecule has 1 heterocycles. The molecule has 0 radical (unpaired) electrons. The molecule has 2 atom stereocenters. The largest absolute Gasteiger partial charge is 0.469 e. The minimum Gasteiger partial charge on any atom is -0.469 e. The van der Waals surface area contributed by atoms with Crippen LogP contribution in [-0.4, -0.2) is 37.1 Å². The zero-order valence-corrected chi connectivity index (χ0v) is 17.4. The van der Waals surface area contributed by atoms with E-state index in [1.165, 1.54) is 7.11 Å². The van der Waals surface area contributed by atoms with Crippen LogP contribution in [0.15, 0.2) is 54.6 Å². The molecule has 152 valence electrons. The average molecular weight is 412 g/mol. The summed E-state index contributed by atoms with van der Waals surface area (Å²) in [7, 11) is 1.37. The molecule has 2 aromatic carbocycles. The Kier molecular flexibility index (Phi) is 7.32. The number of hydrogen-bond acceptors (Lipinski definition) is 6. The molecule has 0 spiro atoms. The van der Waals surface area contributed by atoms with Gasteiger partial charge in [-0.25, -0.2) is 4.98 Å². The minimum atomic E-state index is -0.419. The summed E-state index contributed by atoms with van der Waals surface area (Å²) in [6.45, 7) is 2.42. The van der Waals surface area contributed by atoms with Crippen LogP contribution in [-0.2, 0) is 20.7 Å². The molecule has 6 nitrogen and oxygen atoms in total. The van der Waals surface area contributed by atoms with Crippen LogP contribution in [0.2, 0.25) is 0 Å². The highest BCUT2D eigenvalue weighted by atomic mass is 32.1. The molecule has 29 heavy (non-hydrogen) atoms. The molecule has 0 aliphatic rings. The SMILES string of the molecule is COC(=O)[C@@H](C)[C@@H](NCC(=O)NCCc1nc2ccccc2s1)c1ccccc1. The van der Waals surface area contributed by atoms with Crippen molar-refractivity contribution in [2.75, 3.05) is 20.2 Å². The van der Waals surface area contributed by atoms with Crippen LogP contribution in [0, 0.1) is 5.92 Å². The lowest BCUT2D eigenvalue weighted by atomic mass is 9.94. The maximum Gasteiger partial charge on any atom is 0.310 e. The number of esters is 1. The first-order valence-electron chi connectivity index (χ1n) is 9.56. The summed E-state index contributed by atoms with van der Waals surface area (Å²) < 4.78 is 6.03. The number of nitrogens with one attached hydrogen (secondary N) is 2. The van der Waals surface area contributed by atoms with Gasteiger partial charge in [0.25, 0.3) is 0 Å². The lowest BCUT2D eigenvalue weighted by Gasteiger charge is -2.23. The predicted molar refractivity (Wildman–Crippen MR) is 115 cm³/mol. The number of nitrogens with zero attached hydrogens (tertiary/aromatic N) is 1. The zero-order chi connectivity index (χ0) is 20.6. The number of amides is 1. The molecule has 0 fully saturated rings. The van der Waals surface area contributed by atoms with E-state index in [0.717, 1.165) is 20.8 Å². The molecule has 0 aliphatic carbocycles. The quantitative estimate of drug-likeness (QED) is 0.529. The van der Waals surface area contributed by atoms with Crippen molar-refractivity contribution in [1.29, 1.82) is 0 Å². The number of carbonyl (C=O) groups is 2. The summed E-state index contributed by atoms with van der Waals surface area (Å²) in [5.74, 6) is -0.857.